The fourth-order valence-electron chi connectivity index (χ4n) is 4.58. The molecule has 2 aliphatic carbocycles. The van der Waals surface area contributed by atoms with E-state index in [9.17, 15) is 13.2 Å². The lowest BCUT2D eigenvalue weighted by molar-refractivity contribution is -0.121. The Morgan fingerprint density at radius 2 is 1.67 bits per heavy atom. The molecule has 160 valence electrons. The van der Waals surface area contributed by atoms with Gasteiger partial charge in [0.05, 0.1) is 4.90 Å². The zero-order valence-electron chi connectivity index (χ0n) is 17.3. The van der Waals surface area contributed by atoms with Crippen LogP contribution in [0.3, 0.4) is 0 Å². The highest BCUT2D eigenvalue weighted by atomic mass is 32.2. The van der Waals surface area contributed by atoms with Crippen molar-refractivity contribution in [3.8, 4) is 0 Å². The van der Waals surface area contributed by atoms with Crippen LogP contribution in [-0.2, 0) is 33.1 Å². The number of benzene rings is 2. The van der Waals surface area contributed by atoms with Gasteiger partial charge in [-0.2, -0.15) is 0 Å². The standard InChI is InChI=1S/C24H30N2O3S/c27-23(25-18-24(14-6-15-24)21-9-2-1-3-10-21)13-16-26-30(28,29)22-12-11-19-7-4-5-8-20(19)17-22/h1-3,9-12,17,26H,4-8,13-16,18H2,(H,25,27). The first-order valence-electron chi connectivity index (χ1n) is 10.9. The number of aryl methyl sites for hydroxylation is 2. The minimum atomic E-state index is -3.60. The van der Waals surface area contributed by atoms with Crippen LogP contribution in [0.2, 0.25) is 0 Å². The summed E-state index contributed by atoms with van der Waals surface area (Å²) >= 11 is 0. The summed E-state index contributed by atoms with van der Waals surface area (Å²) in [5, 5.41) is 3.02. The monoisotopic (exact) mass is 426 g/mol. The maximum absolute atomic E-state index is 12.6. The van der Waals surface area contributed by atoms with E-state index in [1.807, 2.05) is 24.3 Å². The van der Waals surface area contributed by atoms with Crippen LogP contribution in [0, 0.1) is 0 Å². The summed E-state index contributed by atoms with van der Waals surface area (Å²) in [6, 6.07) is 15.7. The van der Waals surface area contributed by atoms with E-state index >= 15 is 0 Å². The van der Waals surface area contributed by atoms with Gasteiger partial charge in [-0.15, -0.1) is 0 Å². The third-order valence-corrected chi connectivity index (χ3v) is 8.05. The van der Waals surface area contributed by atoms with Crippen molar-refractivity contribution in [2.45, 2.75) is 61.7 Å². The first kappa shape index (κ1) is 21.1. The molecule has 5 nitrogen and oxygen atoms in total. The minimum absolute atomic E-state index is 0.0273. The summed E-state index contributed by atoms with van der Waals surface area (Å²) in [6.45, 7) is 0.705. The number of nitrogens with one attached hydrogen (secondary N) is 2. The van der Waals surface area contributed by atoms with Crippen molar-refractivity contribution in [2.24, 2.45) is 0 Å². The van der Waals surface area contributed by atoms with Crippen LogP contribution in [0.1, 0.15) is 55.2 Å². The van der Waals surface area contributed by atoms with Crippen LogP contribution in [0.5, 0.6) is 0 Å². The molecule has 30 heavy (non-hydrogen) atoms. The number of carbonyl (C=O) groups excluding carboxylic acids is 1. The van der Waals surface area contributed by atoms with E-state index in [2.05, 4.69) is 22.2 Å². The van der Waals surface area contributed by atoms with E-state index < -0.39 is 10.0 Å². The van der Waals surface area contributed by atoms with Gasteiger partial charge in [-0.05, 0) is 67.3 Å². The predicted molar refractivity (Wildman–Crippen MR) is 118 cm³/mol. The van der Waals surface area contributed by atoms with Crippen LogP contribution in [0.15, 0.2) is 53.4 Å². The van der Waals surface area contributed by atoms with E-state index in [0.717, 1.165) is 44.1 Å². The second-order valence-electron chi connectivity index (χ2n) is 8.56. The Labute approximate surface area is 179 Å². The summed E-state index contributed by atoms with van der Waals surface area (Å²) in [4.78, 5) is 12.6. The number of hydrogen-bond donors (Lipinski definition) is 2. The molecule has 0 saturated heterocycles. The van der Waals surface area contributed by atoms with Gasteiger partial charge in [-0.25, -0.2) is 13.1 Å². The maximum Gasteiger partial charge on any atom is 0.240 e. The third kappa shape index (κ3) is 4.60. The number of rotatable bonds is 8. The van der Waals surface area contributed by atoms with Crippen LogP contribution in [0.25, 0.3) is 0 Å². The molecule has 2 aliphatic rings. The molecule has 1 fully saturated rings. The second kappa shape index (κ2) is 8.90. The first-order valence-corrected chi connectivity index (χ1v) is 12.4. The summed E-state index contributed by atoms with van der Waals surface area (Å²) in [5.41, 5.74) is 3.68. The van der Waals surface area contributed by atoms with Crippen LogP contribution < -0.4 is 10.0 Å². The Kier molecular flexibility index (Phi) is 6.25. The van der Waals surface area contributed by atoms with Crippen molar-refractivity contribution >= 4 is 15.9 Å². The highest BCUT2D eigenvalue weighted by Crippen LogP contribution is 2.43. The molecule has 0 bridgehead atoms. The molecular formula is C24H30N2O3S. The molecule has 0 heterocycles. The average Bonchev–Trinajstić information content (AvgIpc) is 2.73. The fourth-order valence-corrected chi connectivity index (χ4v) is 5.66. The first-order chi connectivity index (χ1) is 14.5. The van der Waals surface area contributed by atoms with Crippen LogP contribution in [-0.4, -0.2) is 27.4 Å². The molecule has 0 spiro atoms. The van der Waals surface area contributed by atoms with Crippen molar-refractivity contribution in [1.82, 2.24) is 10.0 Å². The average molecular weight is 427 g/mol. The van der Waals surface area contributed by atoms with E-state index in [0.29, 0.717) is 11.4 Å². The fraction of sp³-hybridized carbons (Fsp3) is 0.458. The molecule has 0 aromatic heterocycles. The molecular weight excluding hydrogens is 396 g/mol. The van der Waals surface area contributed by atoms with Gasteiger partial charge in [-0.1, -0.05) is 42.8 Å². The summed E-state index contributed by atoms with van der Waals surface area (Å²) in [6.07, 6.45) is 7.68. The van der Waals surface area contributed by atoms with Gasteiger partial charge in [0.25, 0.3) is 0 Å². The molecule has 2 aromatic carbocycles. The Morgan fingerprint density at radius 3 is 2.37 bits per heavy atom. The lowest BCUT2D eigenvalue weighted by atomic mass is 9.64. The van der Waals surface area contributed by atoms with Gasteiger partial charge in [0.15, 0.2) is 0 Å². The molecule has 4 rings (SSSR count). The number of hydrogen-bond acceptors (Lipinski definition) is 3. The topological polar surface area (TPSA) is 75.3 Å². The van der Waals surface area contributed by atoms with Gasteiger partial charge < -0.3 is 5.32 Å². The summed E-state index contributed by atoms with van der Waals surface area (Å²) < 4.78 is 27.8. The van der Waals surface area contributed by atoms with Crippen LogP contribution in [0.4, 0.5) is 0 Å². The van der Waals surface area contributed by atoms with Gasteiger partial charge in [0, 0.05) is 24.9 Å². The van der Waals surface area contributed by atoms with Gasteiger partial charge in [-0.3, -0.25) is 4.79 Å². The maximum atomic E-state index is 12.6. The Hall–Kier alpha value is -2.18. The Bertz CT molecular complexity index is 998. The largest absolute Gasteiger partial charge is 0.355 e. The van der Waals surface area contributed by atoms with Gasteiger partial charge >= 0.3 is 0 Å². The highest BCUT2D eigenvalue weighted by Gasteiger charge is 2.38. The SMILES string of the molecule is O=C(CCNS(=O)(=O)c1ccc2c(c1)CCCC2)NCC1(c2ccccc2)CCC1. The zero-order chi connectivity index (χ0) is 21.0. The van der Waals surface area contributed by atoms with Crippen molar-refractivity contribution in [3.05, 3.63) is 65.2 Å². The molecule has 0 unspecified atom stereocenters. The van der Waals surface area contributed by atoms with E-state index in [1.165, 1.54) is 17.5 Å². The second-order valence-corrected chi connectivity index (χ2v) is 10.3. The Balaban J connectivity index is 1.28. The molecule has 1 amide bonds. The minimum Gasteiger partial charge on any atom is -0.355 e. The lowest BCUT2D eigenvalue weighted by Gasteiger charge is -2.42. The zero-order valence-corrected chi connectivity index (χ0v) is 18.1. The van der Waals surface area contributed by atoms with E-state index in [1.54, 1.807) is 12.1 Å². The third-order valence-electron chi connectivity index (χ3n) is 6.60. The van der Waals surface area contributed by atoms with Crippen LogP contribution >= 0.6 is 0 Å². The number of fused-ring (bicyclic) bond motifs is 1. The smallest absolute Gasteiger partial charge is 0.240 e. The molecule has 6 heteroatoms. The van der Waals surface area contributed by atoms with Crippen molar-refractivity contribution in [3.63, 3.8) is 0 Å². The summed E-state index contributed by atoms with van der Waals surface area (Å²) in [5.74, 6) is -0.120. The van der Waals surface area contributed by atoms with Crippen molar-refractivity contribution < 1.29 is 13.2 Å². The number of sulfonamides is 1. The molecule has 2 N–H and O–H groups in total. The van der Waals surface area contributed by atoms with E-state index in [4.69, 9.17) is 0 Å². The molecule has 2 aromatic rings. The highest BCUT2D eigenvalue weighted by molar-refractivity contribution is 7.89. The van der Waals surface area contributed by atoms with Gasteiger partial charge in [0.1, 0.15) is 0 Å². The molecule has 0 aliphatic heterocycles. The Morgan fingerprint density at radius 1 is 0.933 bits per heavy atom. The number of amides is 1. The molecule has 0 radical (unpaired) electrons. The predicted octanol–water partition coefficient (Wildman–Crippen LogP) is 3.47. The van der Waals surface area contributed by atoms with Crippen molar-refractivity contribution in [2.75, 3.05) is 13.1 Å². The van der Waals surface area contributed by atoms with E-state index in [-0.39, 0.29) is 24.3 Å². The number of carbonyl (C=O) groups is 1. The lowest BCUT2D eigenvalue weighted by Crippen LogP contribution is -2.46. The summed E-state index contributed by atoms with van der Waals surface area (Å²) in [7, 11) is -3.60. The molecule has 1 saturated carbocycles. The normalized spacial score (nSPS) is 17.6. The van der Waals surface area contributed by atoms with Crippen molar-refractivity contribution in [1.29, 1.82) is 0 Å². The van der Waals surface area contributed by atoms with Gasteiger partial charge in [0.2, 0.25) is 15.9 Å². The molecule has 0 atom stereocenters. The quantitative estimate of drug-likeness (QED) is 0.679.